The molecular formula is C16H23N3OS. The van der Waals surface area contributed by atoms with E-state index in [1.165, 1.54) is 4.88 Å². The SMILES string of the molecule is CN(CCc1cccs1)c1ccc(N)c(OC(C)(C)C)n1. The molecule has 0 unspecified atom stereocenters. The molecule has 0 amide bonds. The molecule has 2 rings (SSSR count). The van der Waals surface area contributed by atoms with Crippen LogP contribution in [0.3, 0.4) is 0 Å². The molecule has 0 radical (unpaired) electrons. The molecule has 21 heavy (non-hydrogen) atoms. The molecule has 4 nitrogen and oxygen atoms in total. The number of hydrogen-bond acceptors (Lipinski definition) is 5. The molecule has 0 bridgehead atoms. The Morgan fingerprint density at radius 3 is 2.67 bits per heavy atom. The fourth-order valence-corrected chi connectivity index (χ4v) is 2.57. The van der Waals surface area contributed by atoms with Gasteiger partial charge in [-0.15, -0.1) is 11.3 Å². The molecule has 0 saturated carbocycles. The zero-order valence-electron chi connectivity index (χ0n) is 13.1. The number of anilines is 2. The van der Waals surface area contributed by atoms with Crippen molar-refractivity contribution < 1.29 is 4.74 Å². The second kappa shape index (κ2) is 6.35. The Morgan fingerprint density at radius 2 is 2.05 bits per heavy atom. The first kappa shape index (κ1) is 15.6. The fraction of sp³-hybridized carbons (Fsp3) is 0.438. The lowest BCUT2D eigenvalue weighted by atomic mass is 10.2. The lowest BCUT2D eigenvalue weighted by Crippen LogP contribution is -2.25. The summed E-state index contributed by atoms with van der Waals surface area (Å²) in [7, 11) is 2.03. The second-order valence-corrected chi connectivity index (χ2v) is 7.06. The number of nitrogens with zero attached hydrogens (tertiary/aromatic N) is 2. The Labute approximate surface area is 130 Å². The maximum atomic E-state index is 5.94. The van der Waals surface area contributed by atoms with Gasteiger partial charge in [-0.2, -0.15) is 4.98 Å². The number of likely N-dealkylation sites (N-methyl/N-ethyl adjacent to an activating group) is 1. The maximum Gasteiger partial charge on any atom is 0.239 e. The van der Waals surface area contributed by atoms with Crippen LogP contribution < -0.4 is 15.4 Å². The van der Waals surface area contributed by atoms with Crippen molar-refractivity contribution in [2.75, 3.05) is 24.2 Å². The summed E-state index contributed by atoms with van der Waals surface area (Å²) in [5.74, 6) is 1.38. The zero-order valence-corrected chi connectivity index (χ0v) is 13.9. The van der Waals surface area contributed by atoms with Crippen LogP contribution in [0.15, 0.2) is 29.6 Å². The summed E-state index contributed by atoms with van der Waals surface area (Å²) >= 11 is 1.78. The number of aromatic nitrogens is 1. The minimum atomic E-state index is -0.310. The summed E-state index contributed by atoms with van der Waals surface area (Å²) in [6.07, 6.45) is 1.01. The number of nitrogen functional groups attached to an aromatic ring is 1. The molecule has 0 fully saturated rings. The molecular weight excluding hydrogens is 282 g/mol. The molecule has 0 aliphatic carbocycles. The number of hydrogen-bond donors (Lipinski definition) is 1. The highest BCUT2D eigenvalue weighted by molar-refractivity contribution is 7.09. The smallest absolute Gasteiger partial charge is 0.239 e. The van der Waals surface area contributed by atoms with Crippen LogP contribution in [0.1, 0.15) is 25.6 Å². The van der Waals surface area contributed by atoms with Crippen molar-refractivity contribution >= 4 is 22.8 Å². The average Bonchev–Trinajstić information content (AvgIpc) is 2.90. The first-order valence-corrected chi connectivity index (χ1v) is 7.92. The minimum absolute atomic E-state index is 0.310. The van der Waals surface area contributed by atoms with E-state index >= 15 is 0 Å². The third kappa shape index (κ3) is 4.63. The second-order valence-electron chi connectivity index (χ2n) is 6.03. The molecule has 0 aromatic carbocycles. The normalized spacial score (nSPS) is 11.4. The van der Waals surface area contributed by atoms with Gasteiger partial charge in [-0.05, 0) is 50.8 Å². The van der Waals surface area contributed by atoms with Gasteiger partial charge in [0.1, 0.15) is 11.4 Å². The molecule has 2 aromatic rings. The molecule has 5 heteroatoms. The molecule has 114 valence electrons. The predicted molar refractivity (Wildman–Crippen MR) is 90.3 cm³/mol. The highest BCUT2D eigenvalue weighted by atomic mass is 32.1. The monoisotopic (exact) mass is 305 g/mol. The van der Waals surface area contributed by atoms with Gasteiger partial charge in [-0.3, -0.25) is 0 Å². The van der Waals surface area contributed by atoms with E-state index in [-0.39, 0.29) is 5.60 Å². The van der Waals surface area contributed by atoms with Gasteiger partial charge in [-0.25, -0.2) is 0 Å². The summed E-state index contributed by atoms with van der Waals surface area (Å²) in [4.78, 5) is 8.04. The summed E-state index contributed by atoms with van der Waals surface area (Å²) < 4.78 is 5.81. The lowest BCUT2D eigenvalue weighted by molar-refractivity contribution is 0.125. The van der Waals surface area contributed by atoms with E-state index < -0.39 is 0 Å². The van der Waals surface area contributed by atoms with E-state index in [2.05, 4.69) is 27.4 Å². The summed E-state index contributed by atoms with van der Waals surface area (Å²) in [6, 6.07) is 8.02. The highest BCUT2D eigenvalue weighted by Gasteiger charge is 2.16. The Kier molecular flexibility index (Phi) is 4.73. The molecule has 0 saturated heterocycles. The van der Waals surface area contributed by atoms with E-state index in [9.17, 15) is 0 Å². The van der Waals surface area contributed by atoms with Crippen LogP contribution in [-0.2, 0) is 6.42 Å². The van der Waals surface area contributed by atoms with Crippen molar-refractivity contribution in [1.29, 1.82) is 0 Å². The van der Waals surface area contributed by atoms with Gasteiger partial charge in [0.15, 0.2) is 0 Å². The van der Waals surface area contributed by atoms with Crippen molar-refractivity contribution in [3.05, 3.63) is 34.5 Å². The minimum Gasteiger partial charge on any atom is -0.470 e. The van der Waals surface area contributed by atoms with Gasteiger partial charge in [0.05, 0.1) is 5.69 Å². The van der Waals surface area contributed by atoms with Gasteiger partial charge in [0.2, 0.25) is 5.88 Å². The Balaban J connectivity index is 2.06. The molecule has 2 aromatic heterocycles. The van der Waals surface area contributed by atoms with Gasteiger partial charge in [-0.1, -0.05) is 6.07 Å². The molecule has 0 atom stereocenters. The van der Waals surface area contributed by atoms with Gasteiger partial charge < -0.3 is 15.4 Å². The predicted octanol–water partition coefficient (Wildman–Crippen LogP) is 3.58. The largest absolute Gasteiger partial charge is 0.470 e. The zero-order chi connectivity index (χ0) is 15.5. The van der Waals surface area contributed by atoms with Crippen molar-refractivity contribution in [1.82, 2.24) is 4.98 Å². The fourth-order valence-electron chi connectivity index (χ4n) is 1.87. The van der Waals surface area contributed by atoms with Crippen molar-refractivity contribution in [2.45, 2.75) is 32.8 Å². The third-order valence-corrected chi connectivity index (χ3v) is 3.88. The van der Waals surface area contributed by atoms with Crippen molar-refractivity contribution in [3.8, 4) is 5.88 Å². The van der Waals surface area contributed by atoms with E-state index in [1.54, 1.807) is 11.3 Å². The van der Waals surface area contributed by atoms with Crippen LogP contribution in [0.2, 0.25) is 0 Å². The van der Waals surface area contributed by atoms with Crippen LogP contribution >= 0.6 is 11.3 Å². The number of rotatable bonds is 5. The lowest BCUT2D eigenvalue weighted by Gasteiger charge is -2.23. The van der Waals surface area contributed by atoms with Gasteiger partial charge in [0.25, 0.3) is 0 Å². The molecule has 0 aliphatic heterocycles. The standard InChI is InChI=1S/C16H23N3OS/c1-16(2,3)20-15-13(17)7-8-14(18-15)19(4)10-9-12-6-5-11-21-12/h5-8,11H,9-10,17H2,1-4H3. The summed E-state index contributed by atoms with van der Waals surface area (Å²) in [5.41, 5.74) is 6.20. The maximum absolute atomic E-state index is 5.94. The van der Waals surface area contributed by atoms with Crippen molar-refractivity contribution in [2.24, 2.45) is 0 Å². The molecule has 0 spiro atoms. The Hall–Kier alpha value is -1.75. The quantitative estimate of drug-likeness (QED) is 0.917. The molecule has 2 N–H and O–H groups in total. The molecule has 2 heterocycles. The molecule has 0 aliphatic rings. The summed E-state index contributed by atoms with van der Waals surface area (Å²) in [6.45, 7) is 6.87. The first-order valence-electron chi connectivity index (χ1n) is 7.04. The number of nitrogens with two attached hydrogens (primary N) is 1. The van der Waals surface area contributed by atoms with Crippen LogP contribution in [0, 0.1) is 0 Å². The van der Waals surface area contributed by atoms with E-state index in [0.29, 0.717) is 11.6 Å². The van der Waals surface area contributed by atoms with Crippen molar-refractivity contribution in [3.63, 3.8) is 0 Å². The van der Waals surface area contributed by atoms with Crippen LogP contribution in [0.5, 0.6) is 5.88 Å². The number of ether oxygens (including phenoxy) is 1. The number of thiophene rings is 1. The van der Waals surface area contributed by atoms with Gasteiger partial charge >= 0.3 is 0 Å². The number of pyridine rings is 1. The van der Waals surface area contributed by atoms with Crippen LogP contribution in [0.4, 0.5) is 11.5 Å². The topological polar surface area (TPSA) is 51.4 Å². The van der Waals surface area contributed by atoms with E-state index in [4.69, 9.17) is 10.5 Å². The third-order valence-electron chi connectivity index (χ3n) is 2.94. The van der Waals surface area contributed by atoms with E-state index in [0.717, 1.165) is 18.8 Å². The first-order chi connectivity index (χ1) is 9.85. The van der Waals surface area contributed by atoms with E-state index in [1.807, 2.05) is 40.0 Å². The highest BCUT2D eigenvalue weighted by Crippen LogP contribution is 2.26. The Bertz CT molecular complexity index is 576. The van der Waals surface area contributed by atoms with Crippen LogP contribution in [-0.4, -0.2) is 24.2 Å². The van der Waals surface area contributed by atoms with Crippen LogP contribution in [0.25, 0.3) is 0 Å². The Morgan fingerprint density at radius 1 is 1.29 bits per heavy atom. The average molecular weight is 305 g/mol. The van der Waals surface area contributed by atoms with Gasteiger partial charge in [0, 0.05) is 18.5 Å². The summed E-state index contributed by atoms with van der Waals surface area (Å²) in [5, 5.41) is 2.10.